The lowest BCUT2D eigenvalue weighted by Gasteiger charge is -2.27. The van der Waals surface area contributed by atoms with Crippen LogP contribution in [0.5, 0.6) is 0 Å². The molecular formula is C26H27N3O5. The van der Waals surface area contributed by atoms with E-state index in [0.717, 1.165) is 29.7 Å². The van der Waals surface area contributed by atoms with Crippen molar-refractivity contribution in [1.82, 2.24) is 9.88 Å². The lowest BCUT2D eigenvalue weighted by Crippen LogP contribution is -2.40. The van der Waals surface area contributed by atoms with E-state index < -0.39 is 11.0 Å². The Morgan fingerprint density at radius 1 is 1.12 bits per heavy atom. The Balaban J connectivity index is 1.22. The average molecular weight is 462 g/mol. The van der Waals surface area contributed by atoms with Crippen molar-refractivity contribution >= 4 is 23.7 Å². The molecule has 0 radical (unpaired) electrons. The van der Waals surface area contributed by atoms with Crippen molar-refractivity contribution in [1.29, 1.82) is 0 Å². The maximum absolute atomic E-state index is 13.7. The Labute approximate surface area is 197 Å². The summed E-state index contributed by atoms with van der Waals surface area (Å²) >= 11 is 0. The minimum Gasteiger partial charge on any atom is -0.449 e. The number of ether oxygens (including phenoxy) is 2. The zero-order valence-electron chi connectivity index (χ0n) is 19.3. The van der Waals surface area contributed by atoms with E-state index in [2.05, 4.69) is 18.8 Å². The third-order valence-electron chi connectivity index (χ3n) is 7.87. The Hall–Kier alpha value is -3.42. The number of hydrogen-bond donors (Lipinski definition) is 0. The first-order valence-corrected chi connectivity index (χ1v) is 11.9. The van der Waals surface area contributed by atoms with Gasteiger partial charge in [0.15, 0.2) is 5.60 Å². The van der Waals surface area contributed by atoms with Gasteiger partial charge in [-0.15, -0.1) is 0 Å². The number of carbonyl (C=O) groups excluding carboxylic acids is 3. The normalized spacial score (nSPS) is 26.7. The number of amides is 2. The molecule has 2 atom stereocenters. The second-order valence-electron chi connectivity index (χ2n) is 10.2. The van der Waals surface area contributed by atoms with E-state index in [1.807, 2.05) is 35.2 Å². The van der Waals surface area contributed by atoms with Crippen molar-refractivity contribution in [3.8, 4) is 0 Å². The van der Waals surface area contributed by atoms with Crippen molar-refractivity contribution < 1.29 is 23.9 Å². The van der Waals surface area contributed by atoms with Gasteiger partial charge >= 0.3 is 12.1 Å². The first-order chi connectivity index (χ1) is 16.3. The molecule has 34 heavy (non-hydrogen) atoms. The first kappa shape index (κ1) is 21.1. The molecule has 176 valence electrons. The fourth-order valence-electron chi connectivity index (χ4n) is 5.72. The fourth-order valence-corrected chi connectivity index (χ4v) is 5.72. The Morgan fingerprint density at radius 2 is 1.88 bits per heavy atom. The quantitative estimate of drug-likeness (QED) is 0.649. The van der Waals surface area contributed by atoms with Crippen LogP contribution in [-0.2, 0) is 25.3 Å². The Morgan fingerprint density at radius 3 is 2.59 bits per heavy atom. The van der Waals surface area contributed by atoms with Crippen molar-refractivity contribution in [2.24, 2.45) is 5.92 Å². The van der Waals surface area contributed by atoms with Crippen molar-refractivity contribution in [3.05, 3.63) is 59.4 Å². The standard InChI is InChI=1S/C26H27N3O5/c1-16(2)21-14-33-24(32)29(21)18-5-3-17(4-6-18)25(8-9-25)23(31)28-12-10-26(15-28)20-7-11-27-13-19(20)22(30)34-26/h3-7,11,13,16,21H,8-10,12,14-15H2,1-2H3/t21-,26+/m1/s1. The molecule has 1 aliphatic carbocycles. The molecule has 2 amide bonds. The summed E-state index contributed by atoms with van der Waals surface area (Å²) in [6, 6.07) is 9.59. The topological polar surface area (TPSA) is 89.0 Å². The van der Waals surface area contributed by atoms with E-state index >= 15 is 0 Å². The molecule has 2 saturated heterocycles. The monoisotopic (exact) mass is 461 g/mol. The molecule has 4 heterocycles. The number of anilines is 1. The number of benzene rings is 1. The van der Waals surface area contributed by atoms with Crippen LogP contribution in [0.25, 0.3) is 0 Å². The third-order valence-corrected chi connectivity index (χ3v) is 7.87. The van der Waals surface area contributed by atoms with Crippen LogP contribution < -0.4 is 4.90 Å². The maximum atomic E-state index is 13.7. The predicted octanol–water partition coefficient (Wildman–Crippen LogP) is 3.39. The fraction of sp³-hybridized carbons (Fsp3) is 0.462. The maximum Gasteiger partial charge on any atom is 0.414 e. The minimum atomic E-state index is -0.771. The van der Waals surface area contributed by atoms with Crippen molar-refractivity contribution in [2.45, 2.75) is 50.2 Å². The Bertz CT molecular complexity index is 1190. The second-order valence-corrected chi connectivity index (χ2v) is 10.2. The van der Waals surface area contributed by atoms with Gasteiger partial charge in [0.1, 0.15) is 6.61 Å². The van der Waals surface area contributed by atoms with E-state index in [0.29, 0.717) is 31.7 Å². The van der Waals surface area contributed by atoms with Gasteiger partial charge in [-0.25, -0.2) is 9.59 Å². The molecule has 2 aromatic rings. The van der Waals surface area contributed by atoms with Crippen LogP contribution in [0.4, 0.5) is 10.5 Å². The summed E-state index contributed by atoms with van der Waals surface area (Å²) in [6.45, 7) is 5.45. The van der Waals surface area contributed by atoms with Crippen LogP contribution >= 0.6 is 0 Å². The Kier molecular flexibility index (Phi) is 4.53. The highest BCUT2D eigenvalue weighted by atomic mass is 16.6. The number of cyclic esters (lactones) is 1. The highest BCUT2D eigenvalue weighted by Gasteiger charge is 2.57. The molecular weight excluding hydrogens is 434 g/mol. The number of nitrogens with zero attached hydrogens (tertiary/aromatic N) is 3. The number of rotatable bonds is 4. The van der Waals surface area contributed by atoms with E-state index in [4.69, 9.17) is 9.47 Å². The molecule has 1 aromatic heterocycles. The molecule has 0 unspecified atom stereocenters. The molecule has 6 rings (SSSR count). The number of carbonyl (C=O) groups is 3. The van der Waals surface area contributed by atoms with Crippen LogP contribution in [0.15, 0.2) is 42.7 Å². The molecule has 8 nitrogen and oxygen atoms in total. The highest BCUT2D eigenvalue weighted by Crippen LogP contribution is 2.52. The summed E-state index contributed by atoms with van der Waals surface area (Å²) in [4.78, 5) is 45.9. The first-order valence-electron chi connectivity index (χ1n) is 11.9. The zero-order valence-corrected chi connectivity index (χ0v) is 19.3. The zero-order chi connectivity index (χ0) is 23.7. The number of hydrogen-bond acceptors (Lipinski definition) is 6. The van der Waals surface area contributed by atoms with Crippen LogP contribution in [-0.4, -0.2) is 53.6 Å². The van der Waals surface area contributed by atoms with Gasteiger partial charge in [-0.3, -0.25) is 14.7 Å². The lowest BCUT2D eigenvalue weighted by molar-refractivity contribution is -0.134. The number of pyridine rings is 1. The number of fused-ring (bicyclic) bond motifs is 2. The molecule has 1 aromatic carbocycles. The molecule has 4 aliphatic rings. The van der Waals surface area contributed by atoms with Crippen LogP contribution in [0.3, 0.4) is 0 Å². The predicted molar refractivity (Wildman–Crippen MR) is 122 cm³/mol. The van der Waals surface area contributed by atoms with Gasteiger partial charge in [0.05, 0.1) is 23.6 Å². The number of likely N-dealkylation sites (tertiary alicyclic amines) is 1. The largest absolute Gasteiger partial charge is 0.449 e. The minimum absolute atomic E-state index is 0.00264. The lowest BCUT2D eigenvalue weighted by atomic mass is 9.92. The molecule has 1 saturated carbocycles. The van der Waals surface area contributed by atoms with Gasteiger partial charge in [0, 0.05) is 36.6 Å². The van der Waals surface area contributed by atoms with Gasteiger partial charge < -0.3 is 14.4 Å². The summed E-state index contributed by atoms with van der Waals surface area (Å²) in [5, 5.41) is 0. The number of esters is 1. The molecule has 3 fully saturated rings. The molecule has 8 heteroatoms. The molecule has 0 N–H and O–H groups in total. The summed E-state index contributed by atoms with van der Waals surface area (Å²) in [5.41, 5.74) is 1.76. The van der Waals surface area contributed by atoms with Crippen LogP contribution in [0, 0.1) is 5.92 Å². The second kappa shape index (κ2) is 7.29. The highest BCUT2D eigenvalue weighted by molar-refractivity contribution is 5.96. The van der Waals surface area contributed by atoms with E-state index in [-0.39, 0.29) is 29.9 Å². The average Bonchev–Trinajstić information content (AvgIpc) is 3.27. The van der Waals surface area contributed by atoms with Gasteiger partial charge in [0.2, 0.25) is 5.91 Å². The SMILES string of the molecule is CC(C)[C@H]1COC(=O)N1c1ccc(C2(C(=O)N3CC[C@@]4(C3)OC(=O)c3cnccc34)CC2)cc1. The van der Waals surface area contributed by atoms with Crippen molar-refractivity contribution in [2.75, 3.05) is 24.6 Å². The summed E-state index contributed by atoms with van der Waals surface area (Å²) in [5.74, 6) is -0.0128. The van der Waals surface area contributed by atoms with E-state index in [1.165, 1.54) is 0 Å². The van der Waals surface area contributed by atoms with Crippen LogP contribution in [0.1, 0.15) is 54.6 Å². The number of aromatic nitrogens is 1. The summed E-state index contributed by atoms with van der Waals surface area (Å²) in [7, 11) is 0. The van der Waals surface area contributed by atoms with Gasteiger partial charge in [-0.2, -0.15) is 0 Å². The van der Waals surface area contributed by atoms with E-state index in [1.54, 1.807) is 17.3 Å². The van der Waals surface area contributed by atoms with E-state index in [9.17, 15) is 14.4 Å². The van der Waals surface area contributed by atoms with Gasteiger partial charge in [-0.1, -0.05) is 26.0 Å². The van der Waals surface area contributed by atoms with Crippen LogP contribution in [0.2, 0.25) is 0 Å². The molecule has 3 aliphatic heterocycles. The van der Waals surface area contributed by atoms with Gasteiger partial charge in [0.25, 0.3) is 0 Å². The summed E-state index contributed by atoms with van der Waals surface area (Å²) < 4.78 is 11.1. The van der Waals surface area contributed by atoms with Gasteiger partial charge in [-0.05, 0) is 42.5 Å². The van der Waals surface area contributed by atoms with Crippen molar-refractivity contribution in [3.63, 3.8) is 0 Å². The smallest absolute Gasteiger partial charge is 0.414 e. The molecule has 0 bridgehead atoms. The third kappa shape index (κ3) is 2.97. The summed E-state index contributed by atoms with van der Waals surface area (Å²) in [6.07, 6.45) is 5.04. The molecule has 1 spiro atoms.